The SMILES string of the molecule is OCCN(Cc1ccccc1)c1ncnc2ccc(Br)cc12. The third kappa shape index (κ3) is 3.26. The molecule has 112 valence electrons. The number of nitrogens with zero attached hydrogens (tertiary/aromatic N) is 3. The van der Waals surface area contributed by atoms with E-state index < -0.39 is 0 Å². The van der Waals surface area contributed by atoms with Gasteiger partial charge in [-0.1, -0.05) is 46.3 Å². The van der Waals surface area contributed by atoms with Gasteiger partial charge in [-0.2, -0.15) is 0 Å². The van der Waals surface area contributed by atoms with Crippen molar-refractivity contribution in [3.8, 4) is 0 Å². The Labute approximate surface area is 137 Å². The van der Waals surface area contributed by atoms with Crippen LogP contribution in [0.4, 0.5) is 5.82 Å². The van der Waals surface area contributed by atoms with Crippen molar-refractivity contribution in [2.45, 2.75) is 6.54 Å². The Morgan fingerprint density at radius 1 is 1.05 bits per heavy atom. The summed E-state index contributed by atoms with van der Waals surface area (Å²) in [6, 6.07) is 16.1. The third-order valence-corrected chi connectivity index (χ3v) is 3.96. The maximum Gasteiger partial charge on any atom is 0.140 e. The van der Waals surface area contributed by atoms with Crippen LogP contribution >= 0.6 is 15.9 Å². The van der Waals surface area contributed by atoms with Crippen LogP contribution in [0.2, 0.25) is 0 Å². The summed E-state index contributed by atoms with van der Waals surface area (Å²) < 4.78 is 0.986. The smallest absolute Gasteiger partial charge is 0.140 e. The molecule has 3 aromatic rings. The first-order valence-corrected chi connectivity index (χ1v) is 7.87. The van der Waals surface area contributed by atoms with Gasteiger partial charge in [0.1, 0.15) is 12.1 Å². The number of aromatic nitrogens is 2. The summed E-state index contributed by atoms with van der Waals surface area (Å²) in [5.74, 6) is 0.837. The monoisotopic (exact) mass is 357 g/mol. The Balaban J connectivity index is 2.03. The van der Waals surface area contributed by atoms with E-state index in [0.29, 0.717) is 13.1 Å². The molecule has 0 spiro atoms. The average Bonchev–Trinajstić information content (AvgIpc) is 2.55. The summed E-state index contributed by atoms with van der Waals surface area (Å²) in [4.78, 5) is 10.8. The molecule has 4 nitrogen and oxygen atoms in total. The van der Waals surface area contributed by atoms with Crippen molar-refractivity contribution in [2.24, 2.45) is 0 Å². The van der Waals surface area contributed by atoms with Crippen molar-refractivity contribution >= 4 is 32.7 Å². The standard InChI is InChI=1S/C17H16BrN3O/c18-14-6-7-16-15(10-14)17(20-12-19-16)21(8-9-22)11-13-4-2-1-3-5-13/h1-7,10,12,22H,8-9,11H2. The maximum absolute atomic E-state index is 9.41. The molecule has 0 aliphatic carbocycles. The van der Waals surface area contributed by atoms with E-state index in [1.54, 1.807) is 6.33 Å². The molecule has 1 heterocycles. The van der Waals surface area contributed by atoms with Crippen molar-refractivity contribution in [1.29, 1.82) is 0 Å². The highest BCUT2D eigenvalue weighted by Crippen LogP contribution is 2.27. The number of anilines is 1. The highest BCUT2D eigenvalue weighted by Gasteiger charge is 2.13. The van der Waals surface area contributed by atoms with Crippen molar-refractivity contribution in [3.05, 3.63) is 64.9 Å². The number of rotatable bonds is 5. The molecule has 0 unspecified atom stereocenters. The predicted molar refractivity (Wildman–Crippen MR) is 91.8 cm³/mol. The molecular formula is C17H16BrN3O. The average molecular weight is 358 g/mol. The number of halogens is 1. The fourth-order valence-electron chi connectivity index (χ4n) is 2.45. The molecule has 2 aromatic carbocycles. The number of hydrogen-bond donors (Lipinski definition) is 1. The van der Waals surface area contributed by atoms with Gasteiger partial charge in [0.15, 0.2) is 0 Å². The summed E-state index contributed by atoms with van der Waals surface area (Å²) in [5, 5.41) is 10.4. The van der Waals surface area contributed by atoms with Crippen molar-refractivity contribution in [1.82, 2.24) is 9.97 Å². The van der Waals surface area contributed by atoms with Gasteiger partial charge in [0.05, 0.1) is 12.1 Å². The topological polar surface area (TPSA) is 49.2 Å². The fraction of sp³-hybridized carbons (Fsp3) is 0.176. The van der Waals surface area contributed by atoms with E-state index in [9.17, 15) is 5.11 Å². The minimum absolute atomic E-state index is 0.0757. The first-order valence-electron chi connectivity index (χ1n) is 7.08. The first kappa shape index (κ1) is 14.9. The lowest BCUT2D eigenvalue weighted by Gasteiger charge is -2.24. The summed E-state index contributed by atoms with van der Waals surface area (Å²) in [6.07, 6.45) is 1.57. The Morgan fingerprint density at radius 3 is 2.64 bits per heavy atom. The summed E-state index contributed by atoms with van der Waals surface area (Å²) in [7, 11) is 0. The quantitative estimate of drug-likeness (QED) is 0.760. The Bertz CT molecular complexity index is 764. The molecule has 0 aliphatic heterocycles. The van der Waals surface area contributed by atoms with Crippen LogP contribution in [0.25, 0.3) is 10.9 Å². The van der Waals surface area contributed by atoms with Crippen LogP contribution in [0, 0.1) is 0 Å². The normalized spacial score (nSPS) is 10.8. The van der Waals surface area contributed by atoms with E-state index in [1.807, 2.05) is 36.4 Å². The number of fused-ring (bicyclic) bond motifs is 1. The molecular weight excluding hydrogens is 342 g/mol. The Hall–Kier alpha value is -1.98. The fourth-order valence-corrected chi connectivity index (χ4v) is 2.81. The lowest BCUT2D eigenvalue weighted by atomic mass is 10.2. The van der Waals surface area contributed by atoms with Crippen LogP contribution in [-0.4, -0.2) is 28.2 Å². The van der Waals surface area contributed by atoms with Gasteiger partial charge in [-0.15, -0.1) is 0 Å². The number of benzene rings is 2. The summed E-state index contributed by atoms with van der Waals surface area (Å²) >= 11 is 3.50. The van der Waals surface area contributed by atoms with E-state index in [1.165, 1.54) is 5.56 Å². The minimum Gasteiger partial charge on any atom is -0.395 e. The van der Waals surface area contributed by atoms with Crippen LogP contribution in [0.15, 0.2) is 59.3 Å². The van der Waals surface area contributed by atoms with Crippen molar-refractivity contribution in [3.63, 3.8) is 0 Å². The molecule has 0 saturated carbocycles. The molecule has 0 fully saturated rings. The highest BCUT2D eigenvalue weighted by molar-refractivity contribution is 9.10. The van der Waals surface area contributed by atoms with Gasteiger partial charge >= 0.3 is 0 Å². The first-order chi connectivity index (χ1) is 10.8. The van der Waals surface area contributed by atoms with E-state index >= 15 is 0 Å². The Morgan fingerprint density at radius 2 is 1.86 bits per heavy atom. The van der Waals surface area contributed by atoms with Crippen LogP contribution in [0.1, 0.15) is 5.56 Å². The molecule has 5 heteroatoms. The van der Waals surface area contributed by atoms with Gasteiger partial charge in [-0.3, -0.25) is 0 Å². The molecule has 3 rings (SSSR count). The second kappa shape index (κ2) is 6.85. The minimum atomic E-state index is 0.0757. The van der Waals surface area contributed by atoms with Gasteiger partial charge < -0.3 is 10.0 Å². The van der Waals surface area contributed by atoms with E-state index in [4.69, 9.17) is 0 Å². The van der Waals surface area contributed by atoms with Crippen LogP contribution in [0.5, 0.6) is 0 Å². The van der Waals surface area contributed by atoms with Crippen molar-refractivity contribution < 1.29 is 5.11 Å². The number of aliphatic hydroxyl groups is 1. The van der Waals surface area contributed by atoms with Gasteiger partial charge in [-0.05, 0) is 23.8 Å². The lowest BCUT2D eigenvalue weighted by molar-refractivity contribution is 0.301. The molecule has 0 bridgehead atoms. The van der Waals surface area contributed by atoms with Crippen LogP contribution in [0.3, 0.4) is 0 Å². The van der Waals surface area contributed by atoms with Crippen LogP contribution < -0.4 is 4.90 Å². The lowest BCUT2D eigenvalue weighted by Crippen LogP contribution is -2.27. The number of aliphatic hydroxyl groups excluding tert-OH is 1. The van der Waals surface area contributed by atoms with Gasteiger partial charge in [0, 0.05) is 22.9 Å². The largest absolute Gasteiger partial charge is 0.395 e. The zero-order valence-corrected chi connectivity index (χ0v) is 13.6. The molecule has 0 saturated heterocycles. The molecule has 22 heavy (non-hydrogen) atoms. The molecule has 0 aliphatic rings. The van der Waals surface area contributed by atoms with Crippen LogP contribution in [-0.2, 0) is 6.54 Å². The second-order valence-electron chi connectivity index (χ2n) is 4.99. The van der Waals surface area contributed by atoms with Gasteiger partial charge in [-0.25, -0.2) is 9.97 Å². The molecule has 0 atom stereocenters. The summed E-state index contributed by atoms with van der Waals surface area (Å²) in [5.41, 5.74) is 2.07. The summed E-state index contributed by atoms with van der Waals surface area (Å²) in [6.45, 7) is 1.29. The van der Waals surface area contributed by atoms with Gasteiger partial charge in [0.25, 0.3) is 0 Å². The molecule has 1 aromatic heterocycles. The van der Waals surface area contributed by atoms with Crippen molar-refractivity contribution in [2.75, 3.05) is 18.1 Å². The van der Waals surface area contributed by atoms with E-state index in [-0.39, 0.29) is 6.61 Å². The second-order valence-corrected chi connectivity index (χ2v) is 5.91. The highest BCUT2D eigenvalue weighted by atomic mass is 79.9. The molecule has 1 N–H and O–H groups in total. The van der Waals surface area contributed by atoms with Gasteiger partial charge in [0.2, 0.25) is 0 Å². The zero-order chi connectivity index (χ0) is 15.4. The zero-order valence-electron chi connectivity index (χ0n) is 12.0. The molecule has 0 radical (unpaired) electrons. The van der Waals surface area contributed by atoms with E-state index in [0.717, 1.165) is 21.2 Å². The molecule has 0 amide bonds. The maximum atomic E-state index is 9.41. The van der Waals surface area contributed by atoms with E-state index in [2.05, 4.69) is 42.9 Å². The predicted octanol–water partition coefficient (Wildman–Crippen LogP) is 3.39. The number of hydrogen-bond acceptors (Lipinski definition) is 4. The third-order valence-electron chi connectivity index (χ3n) is 3.46. The Kier molecular flexibility index (Phi) is 4.65.